The second-order valence-corrected chi connectivity index (χ2v) is 5.46. The van der Waals surface area contributed by atoms with E-state index in [2.05, 4.69) is 30.3 Å². The van der Waals surface area contributed by atoms with E-state index in [1.807, 2.05) is 24.4 Å². The molecule has 0 aliphatic carbocycles. The van der Waals surface area contributed by atoms with Crippen LogP contribution in [0.25, 0.3) is 0 Å². The van der Waals surface area contributed by atoms with E-state index in [0.29, 0.717) is 16.6 Å². The van der Waals surface area contributed by atoms with Crippen LogP contribution >= 0.6 is 11.3 Å². The maximum absolute atomic E-state index is 11.8. The van der Waals surface area contributed by atoms with Gasteiger partial charge in [0.1, 0.15) is 12.1 Å². The molecule has 3 aromatic heterocycles. The fourth-order valence-corrected chi connectivity index (χ4v) is 2.51. The van der Waals surface area contributed by atoms with Gasteiger partial charge in [0.2, 0.25) is 5.91 Å². The van der Waals surface area contributed by atoms with Gasteiger partial charge in [-0.3, -0.25) is 4.79 Å². The van der Waals surface area contributed by atoms with Gasteiger partial charge in [-0.05, 0) is 24.6 Å². The number of anilines is 3. The Bertz CT molecular complexity index is 769. The summed E-state index contributed by atoms with van der Waals surface area (Å²) in [5.41, 5.74) is 1.79. The second kappa shape index (κ2) is 6.35. The van der Waals surface area contributed by atoms with Crippen LogP contribution in [0.3, 0.4) is 0 Å². The molecule has 0 aromatic carbocycles. The first-order valence-electron chi connectivity index (χ1n) is 6.53. The first-order chi connectivity index (χ1) is 10.7. The Morgan fingerprint density at radius 1 is 1.36 bits per heavy atom. The molecule has 0 radical (unpaired) electrons. The van der Waals surface area contributed by atoms with Gasteiger partial charge in [0.05, 0.1) is 12.1 Å². The highest BCUT2D eigenvalue weighted by atomic mass is 32.1. The lowest BCUT2D eigenvalue weighted by atomic mass is 10.3. The Balaban J connectivity index is 1.60. The Hall–Kier alpha value is -2.74. The lowest BCUT2D eigenvalue weighted by molar-refractivity contribution is -0.115. The van der Waals surface area contributed by atoms with Crippen LogP contribution in [0.15, 0.2) is 40.6 Å². The molecule has 1 amide bonds. The van der Waals surface area contributed by atoms with Crippen LogP contribution in [0.1, 0.15) is 11.3 Å². The van der Waals surface area contributed by atoms with Crippen molar-refractivity contribution in [3.8, 4) is 0 Å². The smallest absolute Gasteiger partial charge is 0.231 e. The number of nitrogens with one attached hydrogen (secondary N) is 2. The molecular formula is C14H13N5O2S. The normalized spacial score (nSPS) is 10.4. The van der Waals surface area contributed by atoms with Crippen molar-refractivity contribution in [1.29, 1.82) is 0 Å². The zero-order valence-electron chi connectivity index (χ0n) is 11.7. The maximum Gasteiger partial charge on any atom is 0.231 e. The van der Waals surface area contributed by atoms with Gasteiger partial charge >= 0.3 is 0 Å². The maximum atomic E-state index is 11.8. The minimum Gasteiger partial charge on any atom is -0.363 e. The van der Waals surface area contributed by atoms with Gasteiger partial charge in [-0.2, -0.15) is 0 Å². The van der Waals surface area contributed by atoms with E-state index in [4.69, 9.17) is 0 Å². The summed E-state index contributed by atoms with van der Waals surface area (Å²) in [5.74, 6) is 0.926. The Morgan fingerprint density at radius 3 is 3.05 bits per heavy atom. The third kappa shape index (κ3) is 3.67. The van der Waals surface area contributed by atoms with Gasteiger partial charge in [0, 0.05) is 17.6 Å². The summed E-state index contributed by atoms with van der Waals surface area (Å²) in [4.78, 5) is 20.4. The molecule has 7 nitrogen and oxygen atoms in total. The molecule has 0 saturated heterocycles. The summed E-state index contributed by atoms with van der Waals surface area (Å²) >= 11 is 1.42. The number of aryl methyl sites for hydroxylation is 1. The van der Waals surface area contributed by atoms with Crippen LogP contribution in [0.2, 0.25) is 0 Å². The Morgan fingerprint density at radius 2 is 2.27 bits per heavy atom. The summed E-state index contributed by atoms with van der Waals surface area (Å²) in [6, 6.07) is 5.43. The molecule has 0 bridgehead atoms. The molecule has 0 fully saturated rings. The van der Waals surface area contributed by atoms with E-state index in [9.17, 15) is 4.79 Å². The van der Waals surface area contributed by atoms with Gasteiger partial charge in [0.15, 0.2) is 10.9 Å². The van der Waals surface area contributed by atoms with E-state index in [1.54, 1.807) is 12.3 Å². The van der Waals surface area contributed by atoms with Crippen molar-refractivity contribution < 1.29 is 9.32 Å². The summed E-state index contributed by atoms with van der Waals surface area (Å²) in [7, 11) is 0. The minimum atomic E-state index is -0.195. The van der Waals surface area contributed by atoms with Gasteiger partial charge in [-0.25, -0.2) is 9.97 Å². The number of rotatable bonds is 5. The van der Waals surface area contributed by atoms with Gasteiger partial charge in [0.25, 0.3) is 0 Å². The van der Waals surface area contributed by atoms with E-state index < -0.39 is 0 Å². The van der Waals surface area contributed by atoms with Crippen molar-refractivity contribution in [2.75, 3.05) is 10.6 Å². The SMILES string of the molecule is Cc1ccnc(Nc2nc(CC(=O)Nc3ccon3)cs2)c1. The molecule has 0 atom stereocenters. The van der Waals surface area contributed by atoms with Crippen molar-refractivity contribution in [2.24, 2.45) is 0 Å². The molecule has 112 valence electrons. The van der Waals surface area contributed by atoms with E-state index in [-0.39, 0.29) is 12.3 Å². The van der Waals surface area contributed by atoms with Crippen molar-refractivity contribution in [2.45, 2.75) is 13.3 Å². The highest BCUT2D eigenvalue weighted by Gasteiger charge is 2.09. The minimum absolute atomic E-state index is 0.173. The molecule has 0 aliphatic rings. The number of thiazole rings is 1. The zero-order valence-corrected chi connectivity index (χ0v) is 12.6. The van der Waals surface area contributed by atoms with Crippen LogP contribution in [-0.2, 0) is 11.2 Å². The zero-order chi connectivity index (χ0) is 15.4. The predicted octanol–water partition coefficient (Wildman–Crippen LogP) is 2.76. The van der Waals surface area contributed by atoms with Gasteiger partial charge in [-0.15, -0.1) is 11.3 Å². The Kier molecular flexibility index (Phi) is 4.10. The summed E-state index contributed by atoms with van der Waals surface area (Å²) in [5, 5.41) is 11.9. The molecule has 3 aromatic rings. The second-order valence-electron chi connectivity index (χ2n) is 4.60. The fraction of sp³-hybridized carbons (Fsp3) is 0.143. The molecule has 3 rings (SSSR count). The van der Waals surface area contributed by atoms with Crippen molar-refractivity contribution in [3.63, 3.8) is 0 Å². The average molecular weight is 315 g/mol. The molecule has 3 heterocycles. The largest absolute Gasteiger partial charge is 0.363 e. The number of hydrogen-bond donors (Lipinski definition) is 2. The number of nitrogens with zero attached hydrogens (tertiary/aromatic N) is 3. The summed E-state index contributed by atoms with van der Waals surface area (Å²) in [6.45, 7) is 1.99. The first kappa shape index (κ1) is 14.2. The third-order valence-corrected chi connectivity index (χ3v) is 3.56. The monoisotopic (exact) mass is 315 g/mol. The third-order valence-electron chi connectivity index (χ3n) is 2.75. The number of carbonyl (C=O) groups is 1. The van der Waals surface area contributed by atoms with Crippen molar-refractivity contribution in [3.05, 3.63) is 47.3 Å². The van der Waals surface area contributed by atoms with Crippen molar-refractivity contribution in [1.82, 2.24) is 15.1 Å². The topological polar surface area (TPSA) is 92.9 Å². The molecule has 0 unspecified atom stereocenters. The Labute approximate surface area is 130 Å². The molecular weight excluding hydrogens is 302 g/mol. The van der Waals surface area contributed by atoms with Crippen LogP contribution in [0, 0.1) is 6.92 Å². The standard InChI is InChI=1S/C14H13N5O2S/c1-9-2-4-15-12(6-9)18-14-16-10(8-22-14)7-13(20)17-11-3-5-21-19-11/h2-6,8H,7H2,1H3,(H,15,16,18)(H,17,19,20). The number of carbonyl (C=O) groups excluding carboxylic acids is 1. The van der Waals surface area contributed by atoms with Crippen LogP contribution in [0.4, 0.5) is 16.8 Å². The van der Waals surface area contributed by atoms with Crippen LogP contribution in [0.5, 0.6) is 0 Å². The van der Waals surface area contributed by atoms with Crippen LogP contribution < -0.4 is 10.6 Å². The van der Waals surface area contributed by atoms with E-state index >= 15 is 0 Å². The lowest BCUT2D eigenvalue weighted by Crippen LogP contribution is -2.14. The summed E-state index contributed by atoms with van der Waals surface area (Å²) < 4.78 is 4.65. The fourth-order valence-electron chi connectivity index (χ4n) is 1.79. The number of amides is 1. The molecule has 2 N–H and O–H groups in total. The van der Waals surface area contributed by atoms with E-state index in [1.165, 1.54) is 17.6 Å². The van der Waals surface area contributed by atoms with E-state index in [0.717, 1.165) is 11.4 Å². The summed E-state index contributed by atoms with van der Waals surface area (Å²) in [6.07, 6.45) is 3.30. The average Bonchev–Trinajstić information content (AvgIpc) is 3.11. The molecule has 0 spiro atoms. The van der Waals surface area contributed by atoms with Crippen LogP contribution in [-0.4, -0.2) is 21.0 Å². The van der Waals surface area contributed by atoms with Crippen molar-refractivity contribution >= 4 is 34.0 Å². The number of pyridine rings is 1. The highest BCUT2D eigenvalue weighted by Crippen LogP contribution is 2.20. The number of aromatic nitrogens is 3. The lowest BCUT2D eigenvalue weighted by Gasteiger charge is -2.02. The van der Waals surface area contributed by atoms with Gasteiger partial charge < -0.3 is 15.2 Å². The van der Waals surface area contributed by atoms with Gasteiger partial charge in [-0.1, -0.05) is 5.16 Å². The molecule has 22 heavy (non-hydrogen) atoms. The number of hydrogen-bond acceptors (Lipinski definition) is 7. The molecule has 8 heteroatoms. The first-order valence-corrected chi connectivity index (χ1v) is 7.41. The predicted molar refractivity (Wildman–Crippen MR) is 83.2 cm³/mol. The molecule has 0 saturated carbocycles. The highest BCUT2D eigenvalue weighted by molar-refractivity contribution is 7.13. The quantitative estimate of drug-likeness (QED) is 0.752. The molecule has 0 aliphatic heterocycles.